The molecule has 5 N–H and O–H groups in total. The molecule has 12 rings (SSSR count). The fourth-order valence-corrected chi connectivity index (χ4v) is 15.4. The second-order valence-electron chi connectivity index (χ2n) is 24.9. The average Bonchev–Trinajstić information content (AvgIpc) is 4.03. The molecule has 75 heavy (non-hydrogen) atoms. The number of carbonyl (C=O) groups excluding carboxylic acids is 5. The van der Waals surface area contributed by atoms with Gasteiger partial charge in [0, 0.05) is 34.7 Å². The molecule has 10 atom stereocenters. The first kappa shape index (κ1) is 51.6. The van der Waals surface area contributed by atoms with Crippen LogP contribution in [0, 0.1) is 34.0 Å². The highest BCUT2D eigenvalue weighted by molar-refractivity contribution is 6.01. The monoisotopic (exact) mass is 1020 g/mol. The summed E-state index contributed by atoms with van der Waals surface area (Å²) in [6.45, 7) is 9.89. The molecule has 3 aromatic rings. The zero-order valence-corrected chi connectivity index (χ0v) is 44.0. The number of hydrogen-bond acceptors (Lipinski definition) is 11. The second kappa shape index (κ2) is 19.2. The van der Waals surface area contributed by atoms with Gasteiger partial charge in [0.05, 0.1) is 30.0 Å². The SMILES string of the molecule is CC(C)(C)CC[C@H](NC(=O)CNC(=O)OCC1c2ccccc2-c2ccccc21)C(=O)NC12CCC(Cc3ccc(C4O[C@@H]5C[C@H]6[C@@H]7CCC8=CC(=O)C=C[C@]8(C)[C@H]7[C@@H](O)C[C@]6(C)[C@]5(C(=O)CO)O4)cc3)(CC1)OC2. The third-order valence-electron chi connectivity index (χ3n) is 19.3. The highest BCUT2D eigenvalue weighted by Crippen LogP contribution is 2.70. The van der Waals surface area contributed by atoms with Crippen molar-refractivity contribution in [3.8, 4) is 11.1 Å². The number of ketones is 2. The first-order valence-electron chi connectivity index (χ1n) is 27.3. The minimum Gasteiger partial charge on any atom is -0.449 e. The van der Waals surface area contributed by atoms with Gasteiger partial charge in [0.15, 0.2) is 23.5 Å². The summed E-state index contributed by atoms with van der Waals surface area (Å²) in [5.74, 6) is -1.34. The van der Waals surface area contributed by atoms with E-state index in [0.717, 1.165) is 77.5 Å². The maximum absolute atomic E-state index is 14.1. The number of fused-ring (bicyclic) bond motifs is 13. The number of nitrogens with one attached hydrogen (secondary N) is 3. The number of alkyl carbamates (subject to hydrolysis) is 1. The Hall–Kier alpha value is -5.51. The minimum absolute atomic E-state index is 0.00515. The Morgan fingerprint density at radius 3 is 2.27 bits per heavy atom. The molecular weight excluding hydrogens is 951 g/mol. The van der Waals surface area contributed by atoms with Crippen LogP contribution in [0.25, 0.3) is 11.1 Å². The highest BCUT2D eigenvalue weighted by atomic mass is 16.7. The van der Waals surface area contributed by atoms with Crippen molar-refractivity contribution in [3.63, 3.8) is 0 Å². The van der Waals surface area contributed by atoms with E-state index in [4.69, 9.17) is 18.9 Å². The Morgan fingerprint density at radius 2 is 1.61 bits per heavy atom. The van der Waals surface area contributed by atoms with Crippen molar-refractivity contribution < 1.29 is 53.1 Å². The molecule has 0 spiro atoms. The number of rotatable bonds is 14. The van der Waals surface area contributed by atoms with Crippen LogP contribution >= 0.6 is 0 Å². The lowest BCUT2D eigenvalue weighted by Gasteiger charge is -2.59. The van der Waals surface area contributed by atoms with Crippen LogP contribution in [0.2, 0.25) is 0 Å². The Kier molecular flexibility index (Phi) is 13.2. The van der Waals surface area contributed by atoms with Crippen LogP contribution in [0.3, 0.4) is 0 Å². The summed E-state index contributed by atoms with van der Waals surface area (Å²) < 4.78 is 25.9. The van der Waals surface area contributed by atoms with Crippen LogP contribution in [0.1, 0.15) is 133 Å². The van der Waals surface area contributed by atoms with Gasteiger partial charge in [0.2, 0.25) is 11.8 Å². The summed E-state index contributed by atoms with van der Waals surface area (Å²) in [6, 6.07) is 23.4. The van der Waals surface area contributed by atoms with Crippen molar-refractivity contribution in [1.82, 2.24) is 16.0 Å². The van der Waals surface area contributed by atoms with Crippen LogP contribution in [-0.2, 0) is 44.5 Å². The van der Waals surface area contributed by atoms with E-state index in [1.807, 2.05) is 73.7 Å². The molecule has 398 valence electrons. The van der Waals surface area contributed by atoms with E-state index in [0.29, 0.717) is 38.7 Å². The lowest BCUT2D eigenvalue weighted by atomic mass is 9.46. The number of carbonyl (C=O) groups is 5. The number of benzene rings is 3. The van der Waals surface area contributed by atoms with Crippen molar-refractivity contribution in [3.05, 3.63) is 119 Å². The standard InChI is InChI=1S/C61H73N3O11/c1-56(2,3)22-21-47(63-51(69)32-62-55(71)72-34-45-42-12-8-6-10-40(42)41-11-7-9-13-43(41)45)53(70)64-59-24-26-60(27-25-59,73-35-59)30-36-14-16-37(17-15-36)54-74-50-29-46-44-19-18-38-28-39(66)20-23-57(38,4)52(44)48(67)31-58(46,5)61(50,75-54)49(68)33-65/h6-17,20,23,28,44-48,50,52,54,65,67H,18-19,21-22,24-27,29-35H2,1-5H3,(H,62,71)(H,63,69)(H,64,70)/t44-,46-,47-,48-,50+,52+,54?,57-,58-,59?,60?,61+/m0/s1. The highest BCUT2D eigenvalue weighted by Gasteiger charge is 2.76. The van der Waals surface area contributed by atoms with Crippen LogP contribution in [0.4, 0.5) is 4.79 Å². The molecule has 3 aromatic carbocycles. The van der Waals surface area contributed by atoms with Crippen LogP contribution in [0.15, 0.2) is 96.6 Å². The Bertz CT molecular complexity index is 2760. The van der Waals surface area contributed by atoms with Crippen molar-refractivity contribution in [2.45, 2.75) is 152 Å². The smallest absolute Gasteiger partial charge is 0.407 e. The molecule has 2 bridgehead atoms. The Labute approximate surface area is 439 Å². The van der Waals surface area contributed by atoms with Crippen LogP contribution < -0.4 is 16.0 Å². The van der Waals surface area contributed by atoms with Crippen molar-refractivity contribution in [2.75, 3.05) is 26.4 Å². The number of Topliss-reactive ketones (excluding diaryl/α,β-unsaturated/α-hetero) is 1. The predicted octanol–water partition coefficient (Wildman–Crippen LogP) is 7.88. The topological polar surface area (TPSA) is 199 Å². The molecule has 0 radical (unpaired) electrons. The largest absolute Gasteiger partial charge is 0.449 e. The Balaban J connectivity index is 0.688. The van der Waals surface area contributed by atoms with Gasteiger partial charge in [0.1, 0.15) is 25.8 Å². The second-order valence-corrected chi connectivity index (χ2v) is 24.9. The molecule has 14 heteroatoms. The van der Waals surface area contributed by atoms with Gasteiger partial charge in [-0.3, -0.25) is 19.2 Å². The molecule has 3 aliphatic heterocycles. The number of hydrogen-bond donors (Lipinski definition) is 5. The van der Waals surface area contributed by atoms with Crippen LogP contribution in [-0.4, -0.2) is 101 Å². The summed E-state index contributed by atoms with van der Waals surface area (Å²) >= 11 is 0. The Morgan fingerprint density at radius 1 is 0.920 bits per heavy atom. The van der Waals surface area contributed by atoms with Gasteiger partial charge in [0.25, 0.3) is 0 Å². The van der Waals surface area contributed by atoms with E-state index >= 15 is 0 Å². The summed E-state index contributed by atoms with van der Waals surface area (Å²) in [6.07, 6.45) is 9.53. The summed E-state index contributed by atoms with van der Waals surface area (Å²) in [5.41, 5.74) is 3.58. The molecule has 4 saturated carbocycles. The lowest BCUT2D eigenvalue weighted by Crippen LogP contribution is -2.65. The number of allylic oxidation sites excluding steroid dienone is 4. The molecule has 3 heterocycles. The van der Waals surface area contributed by atoms with Gasteiger partial charge in [-0.2, -0.15) is 0 Å². The van der Waals surface area contributed by atoms with Gasteiger partial charge in [-0.15, -0.1) is 0 Å². The lowest BCUT2D eigenvalue weighted by molar-refractivity contribution is -0.201. The first-order chi connectivity index (χ1) is 35.8. The normalized spacial score (nSPS) is 34.4. The van der Waals surface area contributed by atoms with E-state index in [1.165, 1.54) is 0 Å². The maximum atomic E-state index is 14.1. The number of amides is 3. The number of ether oxygens (including phenoxy) is 4. The van der Waals surface area contributed by atoms with E-state index in [2.05, 4.69) is 55.8 Å². The van der Waals surface area contributed by atoms with E-state index in [1.54, 1.807) is 12.2 Å². The minimum atomic E-state index is -1.43. The zero-order valence-electron chi connectivity index (χ0n) is 44.0. The summed E-state index contributed by atoms with van der Waals surface area (Å²) in [5, 5.41) is 31.3. The predicted molar refractivity (Wildman–Crippen MR) is 279 cm³/mol. The molecule has 3 saturated heterocycles. The molecule has 0 aromatic heterocycles. The van der Waals surface area contributed by atoms with E-state index in [9.17, 15) is 34.2 Å². The third-order valence-corrected chi connectivity index (χ3v) is 19.3. The number of aliphatic hydroxyl groups excluding tert-OH is 2. The summed E-state index contributed by atoms with van der Waals surface area (Å²) in [4.78, 5) is 66.9. The average molecular weight is 1020 g/mol. The van der Waals surface area contributed by atoms with Gasteiger partial charge >= 0.3 is 6.09 Å². The first-order valence-corrected chi connectivity index (χ1v) is 27.3. The quantitative estimate of drug-likeness (QED) is 0.105. The van der Waals surface area contributed by atoms with Gasteiger partial charge in [-0.05, 0) is 121 Å². The van der Waals surface area contributed by atoms with E-state index < -0.39 is 76.5 Å². The molecule has 6 aliphatic carbocycles. The van der Waals surface area contributed by atoms with E-state index in [-0.39, 0.29) is 53.9 Å². The summed E-state index contributed by atoms with van der Waals surface area (Å²) in [7, 11) is 0. The van der Waals surface area contributed by atoms with Crippen molar-refractivity contribution in [2.24, 2.45) is 34.0 Å². The maximum Gasteiger partial charge on any atom is 0.407 e. The third kappa shape index (κ3) is 8.99. The van der Waals surface area contributed by atoms with Crippen molar-refractivity contribution >= 4 is 29.5 Å². The fraction of sp³-hybridized carbons (Fsp3) is 0.557. The van der Waals surface area contributed by atoms with Crippen LogP contribution in [0.5, 0.6) is 0 Å². The van der Waals surface area contributed by atoms with Crippen molar-refractivity contribution in [1.29, 1.82) is 0 Å². The molecular formula is C61H73N3O11. The van der Waals surface area contributed by atoms with Gasteiger partial charge in [-0.1, -0.05) is 119 Å². The number of aliphatic hydroxyl groups is 2. The molecule has 7 fully saturated rings. The van der Waals surface area contributed by atoms with Gasteiger partial charge in [-0.25, -0.2) is 4.79 Å². The van der Waals surface area contributed by atoms with Gasteiger partial charge < -0.3 is 45.1 Å². The molecule has 9 aliphatic rings. The zero-order chi connectivity index (χ0) is 52.7. The fourth-order valence-electron chi connectivity index (χ4n) is 15.4. The molecule has 1 unspecified atom stereocenters. The molecule has 3 amide bonds. The molecule has 14 nitrogen and oxygen atoms in total.